The molecule has 7 nitrogen and oxygen atoms in total. The molecule has 1 amide bonds. The Hall–Kier alpha value is -2.96. The molecule has 7 heteroatoms. The average Bonchev–Trinajstić information content (AvgIpc) is 3.31. The number of furan rings is 1. The molecule has 0 unspecified atom stereocenters. The van der Waals surface area contributed by atoms with Gasteiger partial charge in [-0.25, -0.2) is 4.79 Å². The minimum Gasteiger partial charge on any atom is -0.486 e. The lowest BCUT2D eigenvalue weighted by Crippen LogP contribution is -2.43. The molecular formula is C19H19NO6. The summed E-state index contributed by atoms with van der Waals surface area (Å²) in [5.41, 5.74) is 0.385. The van der Waals surface area contributed by atoms with Gasteiger partial charge in [-0.2, -0.15) is 0 Å². The Morgan fingerprint density at radius 1 is 1.04 bits per heavy atom. The molecule has 26 heavy (non-hydrogen) atoms. The van der Waals surface area contributed by atoms with E-state index < -0.39 is 17.4 Å². The fourth-order valence-corrected chi connectivity index (χ4v) is 3.65. The number of amides is 1. The number of hydrogen-bond acceptors (Lipinski definition) is 5. The third-order valence-corrected chi connectivity index (χ3v) is 4.97. The van der Waals surface area contributed by atoms with Crippen LogP contribution < -0.4 is 14.8 Å². The van der Waals surface area contributed by atoms with Crippen molar-refractivity contribution in [2.75, 3.05) is 13.2 Å². The van der Waals surface area contributed by atoms with Crippen LogP contribution in [0, 0.1) is 0 Å². The molecule has 1 aliphatic heterocycles. The number of benzene rings is 1. The Balaban J connectivity index is 1.62. The van der Waals surface area contributed by atoms with E-state index in [1.165, 1.54) is 6.07 Å². The number of fused-ring (bicyclic) bond motifs is 1. The zero-order valence-electron chi connectivity index (χ0n) is 14.1. The lowest BCUT2D eigenvalue weighted by Gasteiger charge is -2.32. The molecule has 1 fully saturated rings. The van der Waals surface area contributed by atoms with Crippen molar-refractivity contribution in [2.45, 2.75) is 31.2 Å². The van der Waals surface area contributed by atoms with Crippen LogP contribution in [0.2, 0.25) is 0 Å². The quantitative estimate of drug-likeness (QED) is 0.873. The van der Waals surface area contributed by atoms with E-state index in [1.807, 2.05) is 18.2 Å². The van der Waals surface area contributed by atoms with Crippen molar-refractivity contribution in [2.24, 2.45) is 0 Å². The Kier molecular flexibility index (Phi) is 4.06. The van der Waals surface area contributed by atoms with Crippen molar-refractivity contribution in [3.8, 4) is 11.5 Å². The number of ether oxygens (including phenoxy) is 2. The van der Waals surface area contributed by atoms with E-state index in [0.29, 0.717) is 24.7 Å². The van der Waals surface area contributed by atoms with E-state index in [2.05, 4.69) is 5.32 Å². The Morgan fingerprint density at radius 3 is 2.46 bits per heavy atom. The van der Waals surface area contributed by atoms with Crippen LogP contribution in [-0.2, 0) is 5.54 Å². The third-order valence-electron chi connectivity index (χ3n) is 4.97. The number of carboxylic acid groups (broad SMARTS) is 1. The molecule has 0 atom stereocenters. The van der Waals surface area contributed by atoms with Gasteiger partial charge in [0.05, 0.1) is 11.1 Å². The van der Waals surface area contributed by atoms with E-state index in [-0.39, 0.29) is 11.3 Å². The molecule has 4 rings (SSSR count). The van der Waals surface area contributed by atoms with Gasteiger partial charge >= 0.3 is 5.97 Å². The fourth-order valence-electron chi connectivity index (χ4n) is 3.65. The Labute approximate surface area is 149 Å². The number of nitrogens with one attached hydrogen (secondary N) is 1. The van der Waals surface area contributed by atoms with Crippen LogP contribution in [0.1, 0.15) is 52.2 Å². The smallest absolute Gasteiger partial charge is 0.338 e. The SMILES string of the molecule is O=C(O)c1coc(C(=O)NC2(c3ccc4c(c3)OCCO4)CCCC2)c1. The highest BCUT2D eigenvalue weighted by Crippen LogP contribution is 2.42. The Bertz CT molecular complexity index is 849. The van der Waals surface area contributed by atoms with Gasteiger partial charge in [0.15, 0.2) is 17.3 Å². The molecule has 2 aromatic rings. The second-order valence-corrected chi connectivity index (χ2v) is 6.61. The van der Waals surface area contributed by atoms with Gasteiger partial charge in [-0.3, -0.25) is 4.79 Å². The minimum atomic E-state index is -1.13. The molecule has 0 bridgehead atoms. The molecule has 0 radical (unpaired) electrons. The highest BCUT2D eigenvalue weighted by atomic mass is 16.6. The van der Waals surface area contributed by atoms with Gasteiger partial charge in [0.2, 0.25) is 0 Å². The van der Waals surface area contributed by atoms with Crippen molar-refractivity contribution in [1.29, 1.82) is 0 Å². The first-order chi connectivity index (χ1) is 12.6. The zero-order chi connectivity index (χ0) is 18.1. The van der Waals surface area contributed by atoms with Crippen LogP contribution in [-0.4, -0.2) is 30.2 Å². The van der Waals surface area contributed by atoms with Crippen LogP contribution >= 0.6 is 0 Å². The third kappa shape index (κ3) is 2.89. The van der Waals surface area contributed by atoms with Gasteiger partial charge in [0.25, 0.3) is 5.91 Å². The van der Waals surface area contributed by atoms with Crippen LogP contribution in [0.4, 0.5) is 0 Å². The Morgan fingerprint density at radius 2 is 1.77 bits per heavy atom. The lowest BCUT2D eigenvalue weighted by molar-refractivity contribution is 0.0695. The monoisotopic (exact) mass is 357 g/mol. The number of aromatic carboxylic acids is 1. The summed E-state index contributed by atoms with van der Waals surface area (Å²) in [6, 6.07) is 6.98. The largest absolute Gasteiger partial charge is 0.486 e. The van der Waals surface area contributed by atoms with Crippen molar-refractivity contribution in [3.63, 3.8) is 0 Å². The van der Waals surface area contributed by atoms with E-state index in [0.717, 1.165) is 37.5 Å². The zero-order valence-corrected chi connectivity index (χ0v) is 14.1. The minimum absolute atomic E-state index is 0.00813. The molecule has 1 aliphatic carbocycles. The van der Waals surface area contributed by atoms with E-state index in [4.69, 9.17) is 19.0 Å². The molecule has 136 valence electrons. The van der Waals surface area contributed by atoms with Gasteiger partial charge in [-0.05, 0) is 30.5 Å². The van der Waals surface area contributed by atoms with Crippen LogP contribution in [0.3, 0.4) is 0 Å². The van der Waals surface area contributed by atoms with E-state index >= 15 is 0 Å². The predicted molar refractivity (Wildman–Crippen MR) is 90.7 cm³/mol. The average molecular weight is 357 g/mol. The van der Waals surface area contributed by atoms with Crippen molar-refractivity contribution in [1.82, 2.24) is 5.32 Å². The van der Waals surface area contributed by atoms with Crippen LogP contribution in [0.5, 0.6) is 11.5 Å². The summed E-state index contributed by atoms with van der Waals surface area (Å²) in [7, 11) is 0. The molecule has 0 saturated heterocycles. The van der Waals surface area contributed by atoms with Gasteiger partial charge in [-0.1, -0.05) is 18.9 Å². The van der Waals surface area contributed by atoms with Gasteiger partial charge in [0, 0.05) is 6.07 Å². The summed E-state index contributed by atoms with van der Waals surface area (Å²) in [5, 5.41) is 12.0. The second-order valence-electron chi connectivity index (χ2n) is 6.61. The van der Waals surface area contributed by atoms with Crippen LogP contribution in [0.15, 0.2) is 34.9 Å². The van der Waals surface area contributed by atoms with Gasteiger partial charge in [-0.15, -0.1) is 0 Å². The van der Waals surface area contributed by atoms with Gasteiger partial charge < -0.3 is 24.3 Å². The second kappa shape index (κ2) is 6.40. The maximum Gasteiger partial charge on any atom is 0.338 e. The number of rotatable bonds is 4. The van der Waals surface area contributed by atoms with Crippen molar-refractivity contribution < 1.29 is 28.6 Å². The predicted octanol–water partition coefficient (Wildman–Crippen LogP) is 2.95. The maximum absolute atomic E-state index is 12.7. The summed E-state index contributed by atoms with van der Waals surface area (Å²) in [6.07, 6.45) is 4.65. The lowest BCUT2D eigenvalue weighted by atomic mass is 9.87. The highest BCUT2D eigenvalue weighted by molar-refractivity contribution is 5.95. The number of carbonyl (C=O) groups is 2. The molecule has 1 aromatic carbocycles. The number of carboxylic acids is 1. The van der Waals surface area contributed by atoms with E-state index in [9.17, 15) is 9.59 Å². The van der Waals surface area contributed by atoms with Gasteiger partial charge in [0.1, 0.15) is 19.5 Å². The van der Waals surface area contributed by atoms with Crippen molar-refractivity contribution >= 4 is 11.9 Å². The summed E-state index contributed by atoms with van der Waals surface area (Å²) < 4.78 is 16.4. The molecule has 0 spiro atoms. The number of carbonyl (C=O) groups excluding carboxylic acids is 1. The summed E-state index contributed by atoms with van der Waals surface area (Å²) in [5.74, 6) is -0.173. The summed E-state index contributed by atoms with van der Waals surface area (Å²) >= 11 is 0. The molecule has 1 saturated carbocycles. The highest BCUT2D eigenvalue weighted by Gasteiger charge is 2.38. The molecule has 2 aliphatic rings. The summed E-state index contributed by atoms with van der Waals surface area (Å²) in [4.78, 5) is 23.6. The standard InChI is InChI=1S/C19H19NO6/c21-17(16-9-12(11-26-16)18(22)23)20-19(5-1-2-6-19)13-3-4-14-15(10-13)25-8-7-24-14/h3-4,9-11H,1-2,5-8H2,(H,20,21)(H,22,23). The molecule has 2 heterocycles. The first-order valence-corrected chi connectivity index (χ1v) is 8.62. The molecule has 1 aromatic heterocycles. The maximum atomic E-state index is 12.7. The summed E-state index contributed by atoms with van der Waals surface area (Å²) in [6.45, 7) is 1.03. The molecule has 2 N–H and O–H groups in total. The normalized spacial score (nSPS) is 17.7. The number of hydrogen-bond donors (Lipinski definition) is 2. The first-order valence-electron chi connectivity index (χ1n) is 8.62. The van der Waals surface area contributed by atoms with Crippen LogP contribution in [0.25, 0.3) is 0 Å². The first kappa shape index (κ1) is 16.5. The van der Waals surface area contributed by atoms with E-state index in [1.54, 1.807) is 0 Å². The fraction of sp³-hybridized carbons (Fsp3) is 0.368. The topological polar surface area (TPSA) is 98.0 Å². The molecular weight excluding hydrogens is 338 g/mol. The van der Waals surface area contributed by atoms with Crippen molar-refractivity contribution in [3.05, 3.63) is 47.4 Å².